The largest absolute Gasteiger partial charge is 0.349 e. The van der Waals surface area contributed by atoms with Crippen molar-refractivity contribution in [1.82, 2.24) is 4.98 Å². The second-order valence-electron chi connectivity index (χ2n) is 4.25. The van der Waals surface area contributed by atoms with Gasteiger partial charge in [0, 0.05) is 20.9 Å². The Kier molecular flexibility index (Phi) is 2.99. The van der Waals surface area contributed by atoms with Gasteiger partial charge in [0.15, 0.2) is 5.43 Å². The molecule has 20 heavy (non-hydrogen) atoms. The fourth-order valence-electron chi connectivity index (χ4n) is 2.14. The van der Waals surface area contributed by atoms with Crippen molar-refractivity contribution in [2.45, 2.75) is 0 Å². The first-order valence-electron chi connectivity index (χ1n) is 5.56. The first kappa shape index (κ1) is 13.1. The molecule has 0 aliphatic rings. The van der Waals surface area contributed by atoms with Crippen LogP contribution in [0.4, 0.5) is 5.69 Å². The molecule has 7 heteroatoms. The lowest BCUT2D eigenvalue weighted by molar-refractivity contribution is -0.383. The number of nitro benzene ring substituents is 1. The third kappa shape index (κ3) is 1.97. The van der Waals surface area contributed by atoms with Crippen LogP contribution in [0.3, 0.4) is 0 Å². The van der Waals surface area contributed by atoms with E-state index >= 15 is 0 Å². The van der Waals surface area contributed by atoms with Crippen molar-refractivity contribution in [3.8, 4) is 0 Å². The van der Waals surface area contributed by atoms with Crippen LogP contribution in [0.1, 0.15) is 0 Å². The Hall–Kier alpha value is -1.92. The van der Waals surface area contributed by atoms with E-state index in [-0.39, 0.29) is 22.0 Å². The second-order valence-corrected chi connectivity index (χ2v) is 5.60. The first-order chi connectivity index (χ1) is 9.47. The number of non-ortho nitro benzene ring substituents is 1. The Morgan fingerprint density at radius 2 is 1.95 bits per heavy atom. The molecule has 3 rings (SSSR count). The summed E-state index contributed by atoms with van der Waals surface area (Å²) in [5, 5.41) is 12.3. The predicted molar refractivity (Wildman–Crippen MR) is 81.4 cm³/mol. The number of hydrogen-bond acceptors (Lipinski definition) is 3. The summed E-state index contributed by atoms with van der Waals surface area (Å²) >= 11 is 9.07. The molecule has 100 valence electrons. The molecule has 1 heterocycles. The monoisotopic (exact) mass is 352 g/mol. The number of nitro groups is 1. The minimum Gasteiger partial charge on any atom is -0.349 e. The molecule has 0 bridgehead atoms. The summed E-state index contributed by atoms with van der Waals surface area (Å²) in [4.78, 5) is 25.9. The van der Waals surface area contributed by atoms with E-state index in [0.29, 0.717) is 20.4 Å². The van der Waals surface area contributed by atoms with E-state index in [1.165, 1.54) is 6.07 Å². The van der Waals surface area contributed by atoms with Crippen molar-refractivity contribution in [1.29, 1.82) is 0 Å². The van der Waals surface area contributed by atoms with Crippen molar-refractivity contribution < 1.29 is 4.92 Å². The van der Waals surface area contributed by atoms with E-state index < -0.39 is 4.92 Å². The molecule has 0 amide bonds. The Morgan fingerprint density at radius 3 is 2.65 bits per heavy atom. The number of pyridine rings is 1. The van der Waals surface area contributed by atoms with Crippen LogP contribution in [0, 0.1) is 10.1 Å². The number of fused-ring (bicyclic) bond motifs is 2. The molecule has 0 aliphatic carbocycles. The fraction of sp³-hybridized carbons (Fsp3) is 0. The highest BCUT2D eigenvalue weighted by Crippen LogP contribution is 2.29. The molecule has 1 aromatic heterocycles. The number of aromatic nitrogens is 1. The second kappa shape index (κ2) is 4.57. The number of rotatable bonds is 1. The summed E-state index contributed by atoms with van der Waals surface area (Å²) in [7, 11) is 0. The molecule has 0 saturated heterocycles. The van der Waals surface area contributed by atoms with Crippen molar-refractivity contribution in [3.05, 3.63) is 60.2 Å². The molecule has 1 N–H and O–H groups in total. The zero-order valence-corrected chi connectivity index (χ0v) is 12.2. The number of aromatic amines is 1. The van der Waals surface area contributed by atoms with Gasteiger partial charge in [-0.15, -0.1) is 0 Å². The zero-order valence-electron chi connectivity index (χ0n) is 9.81. The average Bonchev–Trinajstić information content (AvgIpc) is 2.38. The fourth-order valence-corrected chi connectivity index (χ4v) is 2.76. The molecular formula is C13H6BrClN2O3. The van der Waals surface area contributed by atoms with Crippen LogP contribution in [0.5, 0.6) is 0 Å². The van der Waals surface area contributed by atoms with Crippen LogP contribution < -0.4 is 5.43 Å². The summed E-state index contributed by atoms with van der Waals surface area (Å²) < 4.78 is 0.482. The summed E-state index contributed by atoms with van der Waals surface area (Å²) in [5.41, 5.74) is 0.238. The van der Waals surface area contributed by atoms with Crippen LogP contribution in [-0.4, -0.2) is 9.91 Å². The lowest BCUT2D eigenvalue weighted by Crippen LogP contribution is -2.06. The summed E-state index contributed by atoms with van der Waals surface area (Å²) in [6, 6.07) is 7.70. The van der Waals surface area contributed by atoms with E-state index in [1.54, 1.807) is 24.3 Å². The van der Waals surface area contributed by atoms with Gasteiger partial charge < -0.3 is 4.98 Å². The van der Waals surface area contributed by atoms with Crippen molar-refractivity contribution in [2.75, 3.05) is 0 Å². The number of benzene rings is 2. The Labute approximate surface area is 125 Å². The van der Waals surface area contributed by atoms with Gasteiger partial charge in [-0.1, -0.05) is 27.5 Å². The van der Waals surface area contributed by atoms with Gasteiger partial charge in [0.2, 0.25) is 0 Å². The Balaban J connectivity index is 2.59. The van der Waals surface area contributed by atoms with Crippen molar-refractivity contribution >= 4 is 55.0 Å². The maximum Gasteiger partial charge on any atom is 0.294 e. The molecule has 0 spiro atoms. The zero-order chi connectivity index (χ0) is 14.4. The quantitative estimate of drug-likeness (QED) is 0.408. The van der Waals surface area contributed by atoms with Gasteiger partial charge in [0.1, 0.15) is 5.52 Å². The van der Waals surface area contributed by atoms with Crippen LogP contribution >= 0.6 is 27.5 Å². The highest BCUT2D eigenvalue weighted by Gasteiger charge is 2.17. The Morgan fingerprint density at radius 1 is 1.20 bits per heavy atom. The molecule has 3 aromatic rings. The van der Waals surface area contributed by atoms with Gasteiger partial charge in [0.05, 0.1) is 15.8 Å². The number of H-pyrrole nitrogens is 1. The molecule has 0 radical (unpaired) electrons. The molecule has 5 nitrogen and oxygen atoms in total. The highest BCUT2D eigenvalue weighted by atomic mass is 79.9. The number of hydrogen-bond donors (Lipinski definition) is 1. The van der Waals surface area contributed by atoms with E-state index in [2.05, 4.69) is 20.9 Å². The molecule has 0 aliphatic heterocycles. The maximum atomic E-state index is 12.4. The summed E-state index contributed by atoms with van der Waals surface area (Å²) in [5.74, 6) is 0. The van der Waals surface area contributed by atoms with Crippen LogP contribution in [0.15, 0.2) is 39.6 Å². The van der Waals surface area contributed by atoms with E-state index in [4.69, 9.17) is 11.6 Å². The summed E-state index contributed by atoms with van der Waals surface area (Å²) in [6.07, 6.45) is 0. The number of nitrogens with zero attached hydrogens (tertiary/aromatic N) is 1. The van der Waals surface area contributed by atoms with E-state index in [9.17, 15) is 14.9 Å². The first-order valence-corrected chi connectivity index (χ1v) is 6.73. The smallest absolute Gasteiger partial charge is 0.294 e. The molecule has 0 fully saturated rings. The standard InChI is InChI=1S/C13H6BrClN2O3/c14-6-3-9-12(11(4-6)17(19)20)16-10-5-7(15)1-2-8(10)13(9)18/h1-5H,(H,16,18). The minimum absolute atomic E-state index is 0.159. The number of halogens is 2. The van der Waals surface area contributed by atoms with Crippen LogP contribution in [0.25, 0.3) is 21.8 Å². The SMILES string of the molecule is O=c1c2ccc(Cl)cc2[nH]c2c([N+](=O)[O-])cc(Br)cc12. The van der Waals surface area contributed by atoms with Crippen molar-refractivity contribution in [2.24, 2.45) is 0 Å². The maximum absolute atomic E-state index is 12.4. The average molecular weight is 354 g/mol. The normalized spacial score (nSPS) is 11.1. The molecule has 0 unspecified atom stereocenters. The lowest BCUT2D eigenvalue weighted by atomic mass is 10.1. The van der Waals surface area contributed by atoms with Gasteiger partial charge in [0.25, 0.3) is 5.69 Å². The molecule has 0 saturated carbocycles. The van der Waals surface area contributed by atoms with Crippen LogP contribution in [0.2, 0.25) is 5.02 Å². The Bertz CT molecular complexity index is 936. The number of nitrogens with one attached hydrogen (secondary N) is 1. The molecular weight excluding hydrogens is 348 g/mol. The van der Waals surface area contributed by atoms with Gasteiger partial charge in [-0.3, -0.25) is 14.9 Å². The lowest BCUT2D eigenvalue weighted by Gasteiger charge is -2.04. The molecule has 2 aromatic carbocycles. The summed E-state index contributed by atoms with van der Waals surface area (Å²) in [6.45, 7) is 0. The predicted octanol–water partition coefficient (Wildman–Crippen LogP) is 4.01. The van der Waals surface area contributed by atoms with Gasteiger partial charge in [-0.25, -0.2) is 0 Å². The van der Waals surface area contributed by atoms with Gasteiger partial charge >= 0.3 is 0 Å². The molecule has 0 atom stereocenters. The third-order valence-electron chi connectivity index (χ3n) is 3.01. The van der Waals surface area contributed by atoms with Gasteiger partial charge in [-0.05, 0) is 24.3 Å². The van der Waals surface area contributed by atoms with E-state index in [0.717, 1.165) is 0 Å². The highest BCUT2D eigenvalue weighted by molar-refractivity contribution is 9.10. The van der Waals surface area contributed by atoms with Crippen LogP contribution in [-0.2, 0) is 0 Å². The minimum atomic E-state index is -0.528. The topological polar surface area (TPSA) is 76.0 Å². The van der Waals surface area contributed by atoms with E-state index in [1.807, 2.05) is 0 Å². The van der Waals surface area contributed by atoms with Gasteiger partial charge in [-0.2, -0.15) is 0 Å². The third-order valence-corrected chi connectivity index (χ3v) is 3.70. The van der Waals surface area contributed by atoms with Crippen molar-refractivity contribution in [3.63, 3.8) is 0 Å².